The van der Waals surface area contributed by atoms with Crippen molar-refractivity contribution in [3.8, 4) is 6.07 Å². The zero-order chi connectivity index (χ0) is 12.1. The maximum atomic E-state index is 13.0. The van der Waals surface area contributed by atoms with Crippen LogP contribution in [0.3, 0.4) is 0 Å². The van der Waals surface area contributed by atoms with Crippen molar-refractivity contribution in [3.63, 3.8) is 0 Å². The summed E-state index contributed by atoms with van der Waals surface area (Å²) in [5, 5.41) is 9.10. The Morgan fingerprint density at radius 2 is 1.82 bits per heavy atom. The third-order valence-corrected chi connectivity index (χ3v) is 2.36. The standard InChI is InChI=1S/C15H10FN/c16-15-8-4-5-12(10-15)9-14(11-17)13-6-2-1-3-7-13/h1-10H/b14-9+. The molecule has 0 saturated heterocycles. The van der Waals surface area contributed by atoms with Gasteiger partial charge in [0.1, 0.15) is 5.82 Å². The summed E-state index contributed by atoms with van der Waals surface area (Å²) < 4.78 is 13.0. The summed E-state index contributed by atoms with van der Waals surface area (Å²) >= 11 is 0. The highest BCUT2D eigenvalue weighted by Crippen LogP contribution is 2.17. The van der Waals surface area contributed by atoms with E-state index in [-0.39, 0.29) is 5.82 Å². The van der Waals surface area contributed by atoms with Gasteiger partial charge in [-0.3, -0.25) is 0 Å². The van der Waals surface area contributed by atoms with Gasteiger partial charge in [0.2, 0.25) is 0 Å². The van der Waals surface area contributed by atoms with Crippen LogP contribution >= 0.6 is 0 Å². The fourth-order valence-electron chi connectivity index (χ4n) is 1.56. The average Bonchev–Trinajstić information content (AvgIpc) is 2.37. The summed E-state index contributed by atoms with van der Waals surface area (Å²) in [6, 6.07) is 17.6. The number of allylic oxidation sites excluding steroid dienone is 1. The Bertz CT molecular complexity index is 579. The van der Waals surface area contributed by atoms with Crippen LogP contribution in [0.4, 0.5) is 4.39 Å². The molecule has 0 N–H and O–H groups in total. The first-order valence-corrected chi connectivity index (χ1v) is 5.22. The molecule has 0 radical (unpaired) electrons. The quantitative estimate of drug-likeness (QED) is 0.559. The lowest BCUT2D eigenvalue weighted by atomic mass is 10.0. The molecule has 0 heterocycles. The van der Waals surface area contributed by atoms with Crippen molar-refractivity contribution in [3.05, 3.63) is 71.5 Å². The Kier molecular flexibility index (Phi) is 3.32. The van der Waals surface area contributed by atoms with Crippen molar-refractivity contribution in [1.82, 2.24) is 0 Å². The van der Waals surface area contributed by atoms with Crippen LogP contribution in [0.25, 0.3) is 11.6 Å². The van der Waals surface area contributed by atoms with Gasteiger partial charge in [0, 0.05) is 0 Å². The minimum atomic E-state index is -0.302. The molecule has 82 valence electrons. The van der Waals surface area contributed by atoms with Crippen LogP contribution in [0, 0.1) is 17.1 Å². The molecule has 17 heavy (non-hydrogen) atoms. The molecule has 0 amide bonds. The number of rotatable bonds is 2. The third-order valence-electron chi connectivity index (χ3n) is 2.36. The zero-order valence-corrected chi connectivity index (χ0v) is 9.10. The highest BCUT2D eigenvalue weighted by molar-refractivity contribution is 5.89. The minimum Gasteiger partial charge on any atom is -0.207 e. The summed E-state index contributed by atoms with van der Waals surface area (Å²) in [7, 11) is 0. The van der Waals surface area contributed by atoms with Crippen LogP contribution in [0.1, 0.15) is 11.1 Å². The van der Waals surface area contributed by atoms with E-state index in [1.807, 2.05) is 30.3 Å². The fraction of sp³-hybridized carbons (Fsp3) is 0. The number of nitrogens with zero attached hydrogens (tertiary/aromatic N) is 1. The molecule has 2 aromatic carbocycles. The van der Waals surface area contributed by atoms with Crippen LogP contribution in [0.2, 0.25) is 0 Å². The predicted octanol–water partition coefficient (Wildman–Crippen LogP) is 3.89. The van der Waals surface area contributed by atoms with E-state index in [4.69, 9.17) is 5.26 Å². The topological polar surface area (TPSA) is 23.8 Å². The molecule has 0 saturated carbocycles. The van der Waals surface area contributed by atoms with E-state index in [0.29, 0.717) is 11.1 Å². The van der Waals surface area contributed by atoms with E-state index in [0.717, 1.165) is 5.56 Å². The van der Waals surface area contributed by atoms with Gasteiger partial charge in [-0.2, -0.15) is 5.26 Å². The molecule has 1 nitrogen and oxygen atoms in total. The van der Waals surface area contributed by atoms with Crippen molar-refractivity contribution < 1.29 is 4.39 Å². The van der Waals surface area contributed by atoms with Gasteiger partial charge in [-0.15, -0.1) is 0 Å². The summed E-state index contributed by atoms with van der Waals surface area (Å²) in [6.07, 6.45) is 1.68. The molecule has 0 fully saturated rings. The van der Waals surface area contributed by atoms with Gasteiger partial charge in [0.05, 0.1) is 11.6 Å². The molecule has 2 heteroatoms. The second-order valence-corrected chi connectivity index (χ2v) is 3.59. The SMILES string of the molecule is N#C/C(=C\c1cccc(F)c1)c1ccccc1. The Hall–Kier alpha value is -2.40. The average molecular weight is 223 g/mol. The first-order valence-electron chi connectivity index (χ1n) is 5.22. The van der Waals surface area contributed by atoms with Gasteiger partial charge in [-0.1, -0.05) is 42.5 Å². The molecular weight excluding hydrogens is 213 g/mol. The molecule has 0 aliphatic heterocycles. The van der Waals surface area contributed by atoms with E-state index < -0.39 is 0 Å². The lowest BCUT2D eigenvalue weighted by molar-refractivity contribution is 0.627. The molecule has 0 unspecified atom stereocenters. The van der Waals surface area contributed by atoms with Gasteiger partial charge in [0.15, 0.2) is 0 Å². The van der Waals surface area contributed by atoms with Crippen LogP contribution in [0.15, 0.2) is 54.6 Å². The smallest absolute Gasteiger partial charge is 0.123 e. The van der Waals surface area contributed by atoms with E-state index in [1.54, 1.807) is 18.2 Å². The molecule has 0 aliphatic carbocycles. The highest BCUT2D eigenvalue weighted by atomic mass is 19.1. The molecular formula is C15H10FN. The van der Waals surface area contributed by atoms with Gasteiger partial charge >= 0.3 is 0 Å². The van der Waals surface area contributed by atoms with Crippen LogP contribution in [0.5, 0.6) is 0 Å². The van der Waals surface area contributed by atoms with Crippen molar-refractivity contribution >= 4 is 11.6 Å². The summed E-state index contributed by atoms with van der Waals surface area (Å²) in [5.41, 5.74) is 2.04. The first kappa shape index (κ1) is 11.1. The van der Waals surface area contributed by atoms with E-state index in [9.17, 15) is 4.39 Å². The van der Waals surface area contributed by atoms with Gasteiger partial charge in [-0.25, -0.2) is 4.39 Å². The van der Waals surface area contributed by atoms with Gasteiger partial charge < -0.3 is 0 Å². The molecule has 0 spiro atoms. The Labute approximate surface area is 99.5 Å². The molecule has 2 aromatic rings. The van der Waals surface area contributed by atoms with Gasteiger partial charge in [0.25, 0.3) is 0 Å². The largest absolute Gasteiger partial charge is 0.207 e. The highest BCUT2D eigenvalue weighted by Gasteiger charge is 2.00. The monoisotopic (exact) mass is 223 g/mol. The molecule has 0 bridgehead atoms. The number of nitriles is 1. The normalized spacial score (nSPS) is 10.9. The van der Waals surface area contributed by atoms with Crippen LogP contribution in [-0.4, -0.2) is 0 Å². The van der Waals surface area contributed by atoms with Crippen LogP contribution in [-0.2, 0) is 0 Å². The van der Waals surface area contributed by atoms with E-state index >= 15 is 0 Å². The molecule has 0 atom stereocenters. The predicted molar refractivity (Wildman–Crippen MR) is 66.3 cm³/mol. The van der Waals surface area contributed by atoms with Crippen molar-refractivity contribution in [2.45, 2.75) is 0 Å². The molecule has 0 aromatic heterocycles. The minimum absolute atomic E-state index is 0.302. The van der Waals surface area contributed by atoms with Crippen molar-refractivity contribution in [2.75, 3.05) is 0 Å². The maximum Gasteiger partial charge on any atom is 0.123 e. The second-order valence-electron chi connectivity index (χ2n) is 3.59. The third kappa shape index (κ3) is 2.79. The summed E-state index contributed by atoms with van der Waals surface area (Å²) in [6.45, 7) is 0. The van der Waals surface area contributed by atoms with Crippen LogP contribution < -0.4 is 0 Å². The zero-order valence-electron chi connectivity index (χ0n) is 9.10. The second kappa shape index (κ2) is 5.09. The number of halogens is 1. The lowest BCUT2D eigenvalue weighted by Crippen LogP contribution is -1.82. The molecule has 0 aliphatic rings. The number of benzene rings is 2. The van der Waals surface area contributed by atoms with Gasteiger partial charge in [-0.05, 0) is 29.3 Å². The molecule has 2 rings (SSSR count). The first-order chi connectivity index (χ1) is 8.29. The van der Waals surface area contributed by atoms with E-state index in [2.05, 4.69) is 6.07 Å². The van der Waals surface area contributed by atoms with E-state index in [1.165, 1.54) is 12.1 Å². The van der Waals surface area contributed by atoms with Crippen molar-refractivity contribution in [2.24, 2.45) is 0 Å². The summed E-state index contributed by atoms with van der Waals surface area (Å²) in [4.78, 5) is 0. The Balaban J connectivity index is 2.41. The maximum absolute atomic E-state index is 13.0. The summed E-state index contributed by atoms with van der Waals surface area (Å²) in [5.74, 6) is -0.302. The van der Waals surface area contributed by atoms with Crippen molar-refractivity contribution in [1.29, 1.82) is 5.26 Å². The number of hydrogen-bond donors (Lipinski definition) is 0. The fourth-order valence-corrected chi connectivity index (χ4v) is 1.56. The Morgan fingerprint density at radius 3 is 2.47 bits per heavy atom. The lowest BCUT2D eigenvalue weighted by Gasteiger charge is -1.99. The number of hydrogen-bond acceptors (Lipinski definition) is 1. The Morgan fingerprint density at radius 1 is 1.06 bits per heavy atom.